The third-order valence-corrected chi connectivity index (χ3v) is 4.19. The molecule has 0 radical (unpaired) electrons. The lowest BCUT2D eigenvalue weighted by Gasteiger charge is -2.26. The first-order valence-electron chi connectivity index (χ1n) is 7.52. The molecule has 21 heavy (non-hydrogen) atoms. The molecule has 1 atom stereocenters. The third kappa shape index (κ3) is 3.60. The molecule has 0 aliphatic heterocycles. The highest BCUT2D eigenvalue weighted by Crippen LogP contribution is 2.37. The van der Waals surface area contributed by atoms with Crippen LogP contribution in [0.5, 0.6) is 0 Å². The van der Waals surface area contributed by atoms with E-state index < -0.39 is 5.41 Å². The van der Waals surface area contributed by atoms with Gasteiger partial charge in [0.25, 0.3) is 0 Å². The monoisotopic (exact) mass is 286 g/mol. The van der Waals surface area contributed by atoms with Crippen LogP contribution < -0.4 is 0 Å². The number of ether oxygens (including phenoxy) is 1. The number of hydrogen-bond donors (Lipinski definition) is 0. The fourth-order valence-electron chi connectivity index (χ4n) is 2.94. The Morgan fingerprint density at radius 2 is 2.00 bits per heavy atom. The number of allylic oxidation sites excluding steroid dienone is 1. The normalized spacial score (nSPS) is 23.0. The highest BCUT2D eigenvalue weighted by atomic mass is 16.5. The van der Waals surface area contributed by atoms with Crippen LogP contribution in [0.1, 0.15) is 44.1 Å². The molecule has 0 aromatic heterocycles. The Morgan fingerprint density at radius 1 is 1.24 bits per heavy atom. The molecule has 0 saturated heterocycles. The maximum absolute atomic E-state index is 12.4. The van der Waals surface area contributed by atoms with E-state index in [2.05, 4.69) is 0 Å². The summed E-state index contributed by atoms with van der Waals surface area (Å²) in [5, 5.41) is 0. The van der Waals surface area contributed by atoms with Crippen LogP contribution in [0.2, 0.25) is 0 Å². The smallest absolute Gasteiger partial charge is 0.319 e. The van der Waals surface area contributed by atoms with Crippen molar-refractivity contribution in [2.45, 2.75) is 38.5 Å². The minimum Gasteiger partial charge on any atom is -0.468 e. The van der Waals surface area contributed by atoms with Crippen molar-refractivity contribution >= 4 is 17.8 Å². The summed E-state index contributed by atoms with van der Waals surface area (Å²) in [7, 11) is 1.36. The number of Topliss-reactive ketones (excluding diaryl/α,β-unsaturated/α-hetero) is 1. The van der Waals surface area contributed by atoms with Gasteiger partial charge in [0.05, 0.1) is 7.11 Å². The Labute approximate surface area is 126 Å². The Morgan fingerprint density at radius 3 is 2.71 bits per heavy atom. The molecule has 1 aromatic carbocycles. The Hall–Kier alpha value is -1.90. The van der Waals surface area contributed by atoms with Crippen molar-refractivity contribution in [3.05, 3.63) is 42.0 Å². The summed E-state index contributed by atoms with van der Waals surface area (Å²) in [4.78, 5) is 24.7. The maximum atomic E-state index is 12.4. The molecular formula is C18H22O3. The van der Waals surface area contributed by atoms with Gasteiger partial charge in [-0.2, -0.15) is 0 Å². The number of benzene rings is 1. The van der Waals surface area contributed by atoms with Gasteiger partial charge in [-0.1, -0.05) is 55.3 Å². The van der Waals surface area contributed by atoms with E-state index in [0.717, 1.165) is 24.8 Å². The average molecular weight is 286 g/mol. The van der Waals surface area contributed by atoms with Crippen molar-refractivity contribution in [3.63, 3.8) is 0 Å². The first kappa shape index (κ1) is 15.5. The van der Waals surface area contributed by atoms with Gasteiger partial charge in [-0.15, -0.1) is 0 Å². The van der Waals surface area contributed by atoms with Crippen LogP contribution >= 0.6 is 0 Å². The molecule has 1 aromatic rings. The maximum Gasteiger partial charge on any atom is 0.319 e. The zero-order chi connectivity index (χ0) is 15.1. The van der Waals surface area contributed by atoms with Gasteiger partial charge in [-0.3, -0.25) is 9.59 Å². The first-order chi connectivity index (χ1) is 10.2. The molecular weight excluding hydrogens is 264 g/mol. The SMILES string of the molecule is COC(=O)[C@@]1(C/C=C/c2ccccc2)CCCCCC1=O. The quantitative estimate of drug-likeness (QED) is 0.480. The molecule has 112 valence electrons. The van der Waals surface area contributed by atoms with Gasteiger partial charge >= 0.3 is 5.97 Å². The van der Waals surface area contributed by atoms with E-state index in [1.807, 2.05) is 42.5 Å². The van der Waals surface area contributed by atoms with Crippen LogP contribution in [0, 0.1) is 5.41 Å². The predicted molar refractivity (Wildman–Crippen MR) is 82.6 cm³/mol. The molecule has 1 aliphatic carbocycles. The van der Waals surface area contributed by atoms with E-state index >= 15 is 0 Å². The minimum absolute atomic E-state index is 0.0320. The van der Waals surface area contributed by atoms with Crippen molar-refractivity contribution < 1.29 is 14.3 Å². The zero-order valence-corrected chi connectivity index (χ0v) is 12.5. The summed E-state index contributed by atoms with van der Waals surface area (Å²) < 4.78 is 4.93. The number of methoxy groups -OCH3 is 1. The zero-order valence-electron chi connectivity index (χ0n) is 12.5. The number of carbonyl (C=O) groups is 2. The van der Waals surface area contributed by atoms with E-state index in [1.54, 1.807) is 0 Å². The van der Waals surface area contributed by atoms with Gasteiger partial charge in [-0.05, 0) is 24.8 Å². The van der Waals surface area contributed by atoms with Crippen molar-refractivity contribution in [1.29, 1.82) is 0 Å². The van der Waals surface area contributed by atoms with Crippen molar-refractivity contribution in [2.24, 2.45) is 5.41 Å². The van der Waals surface area contributed by atoms with Crippen LogP contribution in [0.25, 0.3) is 6.08 Å². The highest BCUT2D eigenvalue weighted by molar-refractivity contribution is 6.04. The molecule has 2 rings (SSSR count). The molecule has 3 nitrogen and oxygen atoms in total. The van der Waals surface area contributed by atoms with E-state index in [-0.39, 0.29) is 11.8 Å². The summed E-state index contributed by atoms with van der Waals surface area (Å²) in [5.41, 5.74) is 0.0925. The Kier molecular flexibility index (Phi) is 5.32. The predicted octanol–water partition coefficient (Wildman–Crippen LogP) is 3.78. The number of rotatable bonds is 4. The lowest BCUT2D eigenvalue weighted by molar-refractivity contribution is -0.158. The van der Waals surface area contributed by atoms with Gasteiger partial charge in [0.1, 0.15) is 11.2 Å². The van der Waals surface area contributed by atoms with Gasteiger partial charge in [0, 0.05) is 6.42 Å². The van der Waals surface area contributed by atoms with E-state index in [9.17, 15) is 9.59 Å². The van der Waals surface area contributed by atoms with E-state index in [4.69, 9.17) is 4.74 Å². The molecule has 3 heteroatoms. The van der Waals surface area contributed by atoms with Gasteiger partial charge in [0.15, 0.2) is 0 Å². The molecule has 0 unspecified atom stereocenters. The van der Waals surface area contributed by atoms with Crippen LogP contribution in [-0.4, -0.2) is 18.9 Å². The summed E-state index contributed by atoms with van der Waals surface area (Å²) in [6, 6.07) is 9.88. The molecule has 0 amide bonds. The highest BCUT2D eigenvalue weighted by Gasteiger charge is 2.45. The number of esters is 1. The molecule has 1 fully saturated rings. The fourth-order valence-corrected chi connectivity index (χ4v) is 2.94. The van der Waals surface area contributed by atoms with Crippen LogP contribution in [0.3, 0.4) is 0 Å². The average Bonchev–Trinajstić information content (AvgIpc) is 2.70. The second-order valence-electron chi connectivity index (χ2n) is 5.57. The molecule has 1 saturated carbocycles. The number of ketones is 1. The van der Waals surface area contributed by atoms with Crippen molar-refractivity contribution in [3.8, 4) is 0 Å². The van der Waals surface area contributed by atoms with Crippen molar-refractivity contribution in [1.82, 2.24) is 0 Å². The molecule has 0 bridgehead atoms. The van der Waals surface area contributed by atoms with Crippen LogP contribution in [-0.2, 0) is 14.3 Å². The molecule has 0 spiro atoms. The lowest BCUT2D eigenvalue weighted by Crippen LogP contribution is -2.39. The summed E-state index contributed by atoms with van der Waals surface area (Å²) in [6.45, 7) is 0. The molecule has 0 heterocycles. The lowest BCUT2D eigenvalue weighted by atomic mass is 9.76. The van der Waals surface area contributed by atoms with Gasteiger partial charge in [0.2, 0.25) is 0 Å². The fraction of sp³-hybridized carbons (Fsp3) is 0.444. The van der Waals surface area contributed by atoms with E-state index in [0.29, 0.717) is 19.3 Å². The second kappa shape index (κ2) is 7.21. The minimum atomic E-state index is -0.976. The Bertz CT molecular complexity index is 519. The summed E-state index contributed by atoms with van der Waals surface area (Å²) in [6.07, 6.45) is 8.17. The van der Waals surface area contributed by atoms with Crippen molar-refractivity contribution in [2.75, 3.05) is 7.11 Å². The van der Waals surface area contributed by atoms with Gasteiger partial charge < -0.3 is 4.74 Å². The summed E-state index contributed by atoms with van der Waals surface area (Å²) in [5.74, 6) is -0.350. The first-order valence-corrected chi connectivity index (χ1v) is 7.52. The number of hydrogen-bond acceptors (Lipinski definition) is 3. The molecule has 1 aliphatic rings. The van der Waals surface area contributed by atoms with E-state index in [1.165, 1.54) is 7.11 Å². The second-order valence-corrected chi connectivity index (χ2v) is 5.57. The third-order valence-electron chi connectivity index (χ3n) is 4.19. The van der Waals surface area contributed by atoms with Crippen LogP contribution in [0.4, 0.5) is 0 Å². The topological polar surface area (TPSA) is 43.4 Å². The largest absolute Gasteiger partial charge is 0.468 e. The van der Waals surface area contributed by atoms with Crippen LogP contribution in [0.15, 0.2) is 36.4 Å². The summed E-state index contributed by atoms with van der Waals surface area (Å²) >= 11 is 0. The molecule has 0 N–H and O–H groups in total. The standard InChI is InChI=1S/C18H22O3/c1-21-17(20)18(13-7-3-6-12-16(18)19)14-8-11-15-9-4-2-5-10-15/h2,4-5,8-11H,3,6-7,12-14H2,1H3/b11-8+/t18-/m1/s1. The number of carbonyl (C=O) groups excluding carboxylic acids is 2. The Balaban J connectivity index is 2.18. The van der Waals surface area contributed by atoms with Gasteiger partial charge in [-0.25, -0.2) is 0 Å².